The monoisotopic (exact) mass is 369 g/mol. The van der Waals surface area contributed by atoms with Gasteiger partial charge in [0.05, 0.1) is 12.4 Å². The van der Waals surface area contributed by atoms with Crippen LogP contribution in [-0.2, 0) is 11.8 Å². The summed E-state index contributed by atoms with van der Waals surface area (Å²) in [6.45, 7) is 1.84. The largest absolute Gasteiger partial charge is 0.497 e. The van der Waals surface area contributed by atoms with Crippen LogP contribution in [-0.4, -0.2) is 38.0 Å². The third-order valence-corrected chi connectivity index (χ3v) is 4.92. The molecule has 0 unspecified atom stereocenters. The van der Waals surface area contributed by atoms with Crippen LogP contribution in [0.1, 0.15) is 6.92 Å². The zero-order valence-corrected chi connectivity index (χ0v) is 15.5. The number of benzene rings is 1. The second kappa shape index (κ2) is 8.01. The lowest BCUT2D eigenvalue weighted by Gasteiger charge is -2.12. The van der Waals surface area contributed by atoms with Crippen LogP contribution in [0.4, 0.5) is 5.69 Å². The number of amides is 1. The fraction of sp³-hybridized carbons (Fsp3) is 0.222. The summed E-state index contributed by atoms with van der Waals surface area (Å²) in [5.74, 6) is 1.37. The van der Waals surface area contributed by atoms with Gasteiger partial charge in [-0.2, -0.15) is 0 Å². The number of carbonyl (C=O) groups excluding carboxylic acids is 1. The van der Waals surface area contributed by atoms with E-state index in [0.29, 0.717) is 5.16 Å². The van der Waals surface area contributed by atoms with E-state index in [1.165, 1.54) is 11.8 Å². The maximum atomic E-state index is 12.4. The molecule has 1 atom stereocenters. The molecule has 134 valence electrons. The number of methoxy groups -OCH3 is 1. The van der Waals surface area contributed by atoms with E-state index < -0.39 is 0 Å². The number of pyridine rings is 1. The van der Waals surface area contributed by atoms with E-state index in [1.807, 2.05) is 30.7 Å². The first-order valence-corrected chi connectivity index (χ1v) is 8.88. The highest BCUT2D eigenvalue weighted by molar-refractivity contribution is 8.00. The Kier molecular flexibility index (Phi) is 5.52. The van der Waals surface area contributed by atoms with Crippen LogP contribution in [0.15, 0.2) is 53.9 Å². The number of aromatic nitrogens is 4. The molecule has 8 heteroatoms. The Labute approximate surface area is 155 Å². The van der Waals surface area contributed by atoms with E-state index >= 15 is 0 Å². The Morgan fingerprint density at radius 1 is 1.15 bits per heavy atom. The van der Waals surface area contributed by atoms with E-state index in [-0.39, 0.29) is 11.2 Å². The minimum Gasteiger partial charge on any atom is -0.497 e. The number of hydrogen-bond donors (Lipinski definition) is 1. The van der Waals surface area contributed by atoms with Gasteiger partial charge in [0.2, 0.25) is 5.91 Å². The number of thioether (sulfide) groups is 1. The molecule has 0 aliphatic rings. The highest BCUT2D eigenvalue weighted by Crippen LogP contribution is 2.26. The number of nitrogens with zero attached hydrogens (tertiary/aromatic N) is 4. The van der Waals surface area contributed by atoms with Crippen molar-refractivity contribution < 1.29 is 9.53 Å². The highest BCUT2D eigenvalue weighted by atomic mass is 32.2. The molecule has 3 rings (SSSR count). The molecule has 3 aromatic rings. The second-order valence-corrected chi connectivity index (χ2v) is 6.89. The lowest BCUT2D eigenvalue weighted by atomic mass is 10.2. The van der Waals surface area contributed by atoms with Gasteiger partial charge in [-0.25, -0.2) is 0 Å². The Morgan fingerprint density at radius 2 is 1.85 bits per heavy atom. The van der Waals surface area contributed by atoms with Crippen molar-refractivity contribution in [3.05, 3.63) is 48.8 Å². The summed E-state index contributed by atoms with van der Waals surface area (Å²) in [6, 6.07) is 11.0. The van der Waals surface area contributed by atoms with Gasteiger partial charge in [0.25, 0.3) is 0 Å². The predicted molar refractivity (Wildman–Crippen MR) is 101 cm³/mol. The van der Waals surface area contributed by atoms with Crippen molar-refractivity contribution in [2.75, 3.05) is 12.4 Å². The molecule has 1 amide bonds. The molecule has 1 aromatic carbocycles. The number of rotatable bonds is 6. The lowest BCUT2D eigenvalue weighted by Crippen LogP contribution is -2.22. The van der Waals surface area contributed by atoms with Crippen LogP contribution < -0.4 is 10.1 Å². The second-order valence-electron chi connectivity index (χ2n) is 5.58. The third kappa shape index (κ3) is 4.02. The van der Waals surface area contributed by atoms with Gasteiger partial charge in [-0.1, -0.05) is 11.8 Å². The molecule has 26 heavy (non-hydrogen) atoms. The van der Waals surface area contributed by atoms with Crippen molar-refractivity contribution in [2.24, 2.45) is 7.05 Å². The summed E-state index contributed by atoms with van der Waals surface area (Å²) < 4.78 is 6.99. The van der Waals surface area contributed by atoms with Crippen molar-refractivity contribution in [1.82, 2.24) is 19.7 Å². The molecule has 7 nitrogen and oxygen atoms in total. The molecule has 0 bridgehead atoms. The maximum absolute atomic E-state index is 12.4. The standard InChI is InChI=1S/C18H19N5O2S/c1-12(17(24)20-14-4-6-15(25-3)7-5-14)26-18-22-21-16(23(18)2)13-8-10-19-11-9-13/h4-12H,1-3H3,(H,20,24)/t12-/m0/s1. The predicted octanol–water partition coefficient (Wildman–Crippen LogP) is 3.01. The Bertz CT molecular complexity index is 880. The SMILES string of the molecule is COc1ccc(NC(=O)[C@H](C)Sc2nnc(-c3ccncc3)n2C)cc1. The molecule has 2 aromatic heterocycles. The van der Waals surface area contributed by atoms with Crippen molar-refractivity contribution in [1.29, 1.82) is 0 Å². The highest BCUT2D eigenvalue weighted by Gasteiger charge is 2.19. The fourth-order valence-electron chi connectivity index (χ4n) is 2.30. The van der Waals surface area contributed by atoms with Gasteiger partial charge in [-0.3, -0.25) is 9.78 Å². The number of nitrogens with one attached hydrogen (secondary N) is 1. The van der Waals surface area contributed by atoms with Gasteiger partial charge in [0, 0.05) is 30.7 Å². The van der Waals surface area contributed by atoms with Gasteiger partial charge in [-0.15, -0.1) is 10.2 Å². The molecule has 0 aliphatic carbocycles. The van der Waals surface area contributed by atoms with Crippen molar-refractivity contribution >= 4 is 23.4 Å². The molecule has 0 fully saturated rings. The summed E-state index contributed by atoms with van der Waals surface area (Å²) in [5.41, 5.74) is 1.65. The number of ether oxygens (including phenoxy) is 1. The zero-order chi connectivity index (χ0) is 18.5. The first-order valence-electron chi connectivity index (χ1n) is 8.00. The summed E-state index contributed by atoms with van der Waals surface area (Å²) >= 11 is 1.36. The molecular formula is C18H19N5O2S. The summed E-state index contributed by atoms with van der Waals surface area (Å²) in [4.78, 5) is 16.4. The smallest absolute Gasteiger partial charge is 0.237 e. The normalized spacial score (nSPS) is 11.8. The maximum Gasteiger partial charge on any atom is 0.237 e. The number of hydrogen-bond acceptors (Lipinski definition) is 6. The van der Waals surface area contributed by atoms with Crippen molar-refractivity contribution in [3.63, 3.8) is 0 Å². The van der Waals surface area contributed by atoms with Gasteiger partial charge < -0.3 is 14.6 Å². The van der Waals surface area contributed by atoms with Crippen LogP contribution >= 0.6 is 11.8 Å². The molecule has 0 radical (unpaired) electrons. The first-order chi connectivity index (χ1) is 12.6. The molecule has 1 N–H and O–H groups in total. The van der Waals surface area contributed by atoms with Crippen LogP contribution in [0.25, 0.3) is 11.4 Å². The Hall–Kier alpha value is -2.87. The minimum absolute atomic E-state index is 0.103. The summed E-state index contributed by atoms with van der Waals surface area (Å²) in [5, 5.41) is 11.7. The van der Waals surface area contributed by atoms with E-state index in [9.17, 15) is 4.79 Å². The van der Waals surface area contributed by atoms with Gasteiger partial charge in [0.1, 0.15) is 5.75 Å². The van der Waals surface area contributed by atoms with Gasteiger partial charge in [0.15, 0.2) is 11.0 Å². The molecule has 0 saturated heterocycles. The number of carbonyl (C=O) groups is 1. The molecule has 0 aliphatic heterocycles. The van der Waals surface area contributed by atoms with Crippen molar-refractivity contribution in [2.45, 2.75) is 17.3 Å². The first kappa shape index (κ1) is 17.9. The van der Waals surface area contributed by atoms with E-state index in [2.05, 4.69) is 20.5 Å². The van der Waals surface area contributed by atoms with Crippen LogP contribution in [0, 0.1) is 0 Å². The summed E-state index contributed by atoms with van der Waals surface area (Å²) in [7, 11) is 3.49. The van der Waals surface area contributed by atoms with E-state index in [0.717, 1.165) is 22.8 Å². The average molecular weight is 369 g/mol. The molecule has 0 spiro atoms. The quantitative estimate of drug-likeness (QED) is 0.673. The Balaban J connectivity index is 1.66. The van der Waals surface area contributed by atoms with Crippen LogP contribution in [0.2, 0.25) is 0 Å². The summed E-state index contributed by atoms with van der Waals surface area (Å²) in [6.07, 6.45) is 3.42. The third-order valence-electron chi connectivity index (χ3n) is 3.78. The van der Waals surface area contributed by atoms with E-state index in [1.54, 1.807) is 43.8 Å². The minimum atomic E-state index is -0.328. The fourth-order valence-corrected chi connectivity index (χ4v) is 3.11. The average Bonchev–Trinajstić information content (AvgIpc) is 3.03. The molecule has 2 heterocycles. The number of anilines is 1. The van der Waals surface area contributed by atoms with Crippen molar-refractivity contribution in [3.8, 4) is 17.1 Å². The van der Waals surface area contributed by atoms with Crippen LogP contribution in [0.5, 0.6) is 5.75 Å². The Morgan fingerprint density at radius 3 is 2.50 bits per heavy atom. The van der Waals surface area contributed by atoms with Gasteiger partial charge >= 0.3 is 0 Å². The van der Waals surface area contributed by atoms with Gasteiger partial charge in [-0.05, 0) is 43.3 Å². The molecular weight excluding hydrogens is 350 g/mol. The molecule has 0 saturated carbocycles. The van der Waals surface area contributed by atoms with Crippen LogP contribution in [0.3, 0.4) is 0 Å². The lowest BCUT2D eigenvalue weighted by molar-refractivity contribution is -0.115. The van der Waals surface area contributed by atoms with E-state index in [4.69, 9.17) is 4.74 Å². The topological polar surface area (TPSA) is 81.9 Å². The zero-order valence-electron chi connectivity index (χ0n) is 14.7.